The molecular weight excluding hydrogens is 324 g/mol. The zero-order valence-corrected chi connectivity index (χ0v) is 14.9. The van der Waals surface area contributed by atoms with E-state index in [4.69, 9.17) is 4.74 Å². The van der Waals surface area contributed by atoms with Crippen molar-refractivity contribution in [2.75, 3.05) is 13.7 Å². The van der Waals surface area contributed by atoms with Crippen molar-refractivity contribution in [2.24, 2.45) is 0 Å². The Hall–Kier alpha value is -2.57. The highest BCUT2D eigenvalue weighted by atomic mass is 16.5. The number of carbonyl (C=O) groups excluding carboxylic acids is 2. The monoisotopic (exact) mass is 350 g/mol. The summed E-state index contributed by atoms with van der Waals surface area (Å²) < 4.78 is 5.17. The van der Waals surface area contributed by atoms with Gasteiger partial charge in [0.1, 0.15) is 5.75 Å². The molecule has 0 spiro atoms. The average Bonchev–Trinajstić information content (AvgIpc) is 2.54. The molecule has 0 saturated carbocycles. The third-order valence-electron chi connectivity index (χ3n) is 3.81. The first-order chi connectivity index (χ1) is 11.8. The van der Waals surface area contributed by atoms with Crippen molar-refractivity contribution in [1.82, 2.24) is 10.6 Å². The minimum Gasteiger partial charge on any atom is -0.497 e. The molecule has 25 heavy (non-hydrogen) atoms. The highest BCUT2D eigenvalue weighted by molar-refractivity contribution is 5.80. The lowest BCUT2D eigenvalue weighted by molar-refractivity contribution is -0.139. The zero-order chi connectivity index (χ0) is 18.9. The molecule has 1 rings (SSSR count). The van der Waals surface area contributed by atoms with Gasteiger partial charge in [-0.25, -0.2) is 0 Å². The fourth-order valence-corrected chi connectivity index (χ4v) is 2.55. The molecular formula is C18H26N2O5. The lowest BCUT2D eigenvalue weighted by atomic mass is 9.88. The van der Waals surface area contributed by atoms with E-state index < -0.39 is 11.5 Å². The number of carbonyl (C=O) groups is 3. The van der Waals surface area contributed by atoms with Crippen LogP contribution in [0.1, 0.15) is 45.1 Å². The summed E-state index contributed by atoms with van der Waals surface area (Å²) in [6.07, 6.45) is 0.549. The number of benzene rings is 1. The highest BCUT2D eigenvalue weighted by Gasteiger charge is 2.31. The minimum absolute atomic E-state index is 0.101. The summed E-state index contributed by atoms with van der Waals surface area (Å²) in [6.45, 7) is 4.05. The third kappa shape index (κ3) is 6.82. The molecule has 0 saturated heterocycles. The number of methoxy groups -OCH3 is 1. The summed E-state index contributed by atoms with van der Waals surface area (Å²) in [5.41, 5.74) is -0.422. The highest BCUT2D eigenvalue weighted by Crippen LogP contribution is 2.28. The Morgan fingerprint density at radius 2 is 1.88 bits per heavy atom. The zero-order valence-electron chi connectivity index (χ0n) is 14.9. The minimum atomic E-state index is -1.07. The van der Waals surface area contributed by atoms with Crippen molar-refractivity contribution in [3.05, 3.63) is 29.8 Å². The first-order valence-electron chi connectivity index (χ1n) is 8.24. The van der Waals surface area contributed by atoms with Gasteiger partial charge in [-0.05, 0) is 38.0 Å². The van der Waals surface area contributed by atoms with Gasteiger partial charge in [-0.1, -0.05) is 12.1 Å². The Morgan fingerprint density at radius 3 is 2.48 bits per heavy atom. The summed E-state index contributed by atoms with van der Waals surface area (Å²) in [4.78, 5) is 34.9. The molecule has 0 aromatic heterocycles. The quantitative estimate of drug-likeness (QED) is 0.597. The largest absolute Gasteiger partial charge is 0.497 e. The molecule has 0 aliphatic rings. The van der Waals surface area contributed by atoms with Crippen molar-refractivity contribution in [1.29, 1.82) is 0 Å². The first kappa shape index (κ1) is 20.5. The molecule has 0 radical (unpaired) electrons. The Kier molecular flexibility index (Phi) is 7.91. The SMILES string of the molecule is CCNC(=O)CCCC(=O)NC(C)(CC(=O)O)c1cccc(OC)c1. The summed E-state index contributed by atoms with van der Waals surface area (Å²) in [7, 11) is 1.52. The molecule has 138 valence electrons. The number of ether oxygens (including phenoxy) is 1. The van der Waals surface area contributed by atoms with Gasteiger partial charge in [0.05, 0.1) is 19.1 Å². The second kappa shape index (κ2) is 9.66. The van der Waals surface area contributed by atoms with Gasteiger partial charge in [0.15, 0.2) is 0 Å². The maximum atomic E-state index is 12.2. The molecule has 7 heteroatoms. The predicted octanol–water partition coefficient (Wildman–Crippen LogP) is 1.81. The van der Waals surface area contributed by atoms with E-state index in [0.29, 0.717) is 24.3 Å². The van der Waals surface area contributed by atoms with E-state index in [1.807, 2.05) is 6.92 Å². The molecule has 0 heterocycles. The van der Waals surface area contributed by atoms with E-state index in [9.17, 15) is 19.5 Å². The van der Waals surface area contributed by atoms with Gasteiger partial charge in [0.25, 0.3) is 0 Å². The molecule has 1 unspecified atom stereocenters. The second-order valence-electron chi connectivity index (χ2n) is 5.99. The summed E-state index contributed by atoms with van der Waals surface area (Å²) in [5.74, 6) is -0.834. The van der Waals surface area contributed by atoms with E-state index in [1.165, 1.54) is 7.11 Å². The van der Waals surface area contributed by atoms with Gasteiger partial charge in [-0.15, -0.1) is 0 Å². The number of hydrogen-bond acceptors (Lipinski definition) is 4. The maximum Gasteiger partial charge on any atom is 0.306 e. The van der Waals surface area contributed by atoms with Crippen LogP contribution in [-0.2, 0) is 19.9 Å². The number of rotatable bonds is 10. The second-order valence-corrected chi connectivity index (χ2v) is 5.99. The smallest absolute Gasteiger partial charge is 0.306 e. The van der Waals surface area contributed by atoms with Crippen LogP contribution >= 0.6 is 0 Å². The van der Waals surface area contributed by atoms with Gasteiger partial charge in [0, 0.05) is 19.4 Å². The van der Waals surface area contributed by atoms with Crippen molar-refractivity contribution in [3.63, 3.8) is 0 Å². The van der Waals surface area contributed by atoms with Crippen LogP contribution in [-0.4, -0.2) is 36.5 Å². The Labute approximate surface area is 147 Å². The maximum absolute atomic E-state index is 12.2. The molecule has 7 nitrogen and oxygen atoms in total. The topological polar surface area (TPSA) is 105 Å². The molecule has 0 aliphatic heterocycles. The molecule has 1 aromatic rings. The van der Waals surface area contributed by atoms with E-state index in [1.54, 1.807) is 31.2 Å². The fourth-order valence-electron chi connectivity index (χ4n) is 2.55. The van der Waals surface area contributed by atoms with Crippen LogP contribution in [0.5, 0.6) is 5.75 Å². The average molecular weight is 350 g/mol. The molecule has 1 atom stereocenters. The lowest BCUT2D eigenvalue weighted by Gasteiger charge is -2.30. The van der Waals surface area contributed by atoms with E-state index in [-0.39, 0.29) is 31.1 Å². The van der Waals surface area contributed by atoms with Crippen LogP contribution in [0.4, 0.5) is 0 Å². The van der Waals surface area contributed by atoms with Gasteiger partial charge < -0.3 is 20.5 Å². The number of carboxylic acids is 1. The van der Waals surface area contributed by atoms with Gasteiger partial charge in [-0.3, -0.25) is 14.4 Å². The van der Waals surface area contributed by atoms with E-state index >= 15 is 0 Å². The van der Waals surface area contributed by atoms with Crippen LogP contribution in [0.25, 0.3) is 0 Å². The Balaban J connectivity index is 2.79. The van der Waals surface area contributed by atoms with Crippen LogP contribution < -0.4 is 15.4 Å². The van der Waals surface area contributed by atoms with E-state index in [2.05, 4.69) is 10.6 Å². The number of amides is 2. The fraction of sp³-hybridized carbons (Fsp3) is 0.500. The lowest BCUT2D eigenvalue weighted by Crippen LogP contribution is -2.45. The molecule has 0 aliphatic carbocycles. The molecule has 0 bridgehead atoms. The standard InChI is InChI=1S/C18H26N2O5/c1-4-19-15(21)9-6-10-16(22)20-18(2,12-17(23)24)13-7-5-8-14(11-13)25-3/h5,7-8,11H,4,6,9-10,12H2,1-3H3,(H,19,21)(H,20,22)(H,23,24). The third-order valence-corrected chi connectivity index (χ3v) is 3.81. The van der Waals surface area contributed by atoms with Gasteiger partial charge in [0.2, 0.25) is 11.8 Å². The van der Waals surface area contributed by atoms with Crippen LogP contribution in [0, 0.1) is 0 Å². The Bertz CT molecular complexity index is 617. The number of aliphatic carboxylic acids is 1. The van der Waals surface area contributed by atoms with Crippen LogP contribution in [0.2, 0.25) is 0 Å². The van der Waals surface area contributed by atoms with Gasteiger partial charge >= 0.3 is 5.97 Å². The first-order valence-corrected chi connectivity index (χ1v) is 8.24. The van der Waals surface area contributed by atoms with E-state index in [0.717, 1.165) is 0 Å². The van der Waals surface area contributed by atoms with Gasteiger partial charge in [-0.2, -0.15) is 0 Å². The van der Waals surface area contributed by atoms with Crippen molar-refractivity contribution in [2.45, 2.75) is 45.1 Å². The van der Waals surface area contributed by atoms with Crippen molar-refractivity contribution < 1.29 is 24.2 Å². The van der Waals surface area contributed by atoms with Crippen molar-refractivity contribution >= 4 is 17.8 Å². The van der Waals surface area contributed by atoms with Crippen LogP contribution in [0.3, 0.4) is 0 Å². The molecule has 2 amide bonds. The molecule has 3 N–H and O–H groups in total. The summed E-state index contributed by atoms with van der Waals surface area (Å²) >= 11 is 0. The number of carboxylic acid groups (broad SMARTS) is 1. The normalized spacial score (nSPS) is 12.8. The number of nitrogens with one attached hydrogen (secondary N) is 2. The van der Waals surface area contributed by atoms with Crippen LogP contribution in [0.15, 0.2) is 24.3 Å². The molecule has 1 aromatic carbocycles. The summed E-state index contributed by atoms with van der Waals surface area (Å²) in [6, 6.07) is 6.95. The Morgan fingerprint density at radius 1 is 1.20 bits per heavy atom. The molecule has 0 fully saturated rings. The summed E-state index contributed by atoms with van der Waals surface area (Å²) in [5, 5.41) is 14.7. The predicted molar refractivity (Wildman–Crippen MR) is 93.3 cm³/mol. The number of hydrogen-bond donors (Lipinski definition) is 3. The van der Waals surface area contributed by atoms with Crippen molar-refractivity contribution in [3.8, 4) is 5.75 Å².